The van der Waals surface area contributed by atoms with Crippen LogP contribution in [-0.2, 0) is 32.1 Å². The molecular formula is C45H20N10. The zero-order valence-electron chi connectivity index (χ0n) is 28.8. The number of hydrogen-bond acceptors (Lipinski definition) is 10. The van der Waals surface area contributed by atoms with Crippen molar-refractivity contribution in [1.29, 1.82) is 52.6 Å². The average Bonchev–Trinajstić information content (AvgIpc) is 3.21. The summed E-state index contributed by atoms with van der Waals surface area (Å²) in [6.45, 7) is 0. The first-order chi connectivity index (χ1) is 26.7. The Balaban J connectivity index is 1.65. The maximum atomic E-state index is 10.2. The van der Waals surface area contributed by atoms with Crippen molar-refractivity contribution in [2.45, 2.75) is 32.1 Å². The van der Waals surface area contributed by atoms with Crippen molar-refractivity contribution in [2.24, 2.45) is 0 Å². The number of rotatable bonds is 0. The van der Waals surface area contributed by atoms with E-state index in [-0.39, 0.29) is 87.7 Å². The molecule has 5 aromatic carbocycles. The molecule has 55 heavy (non-hydrogen) atoms. The van der Waals surface area contributed by atoms with Gasteiger partial charge in [0.05, 0.1) is 116 Å². The first-order valence-corrected chi connectivity index (χ1v) is 16.5. The van der Waals surface area contributed by atoms with Gasteiger partial charge in [0, 0.05) is 32.1 Å². The van der Waals surface area contributed by atoms with Gasteiger partial charge in [-0.2, -0.15) is 52.6 Å². The highest BCUT2D eigenvalue weighted by Gasteiger charge is 2.21. The molecule has 0 unspecified atom stereocenters. The molecule has 0 atom stereocenters. The maximum Gasteiger partial charge on any atom is 0.0994 e. The van der Waals surface area contributed by atoms with Gasteiger partial charge in [-0.3, -0.25) is 0 Å². The van der Waals surface area contributed by atoms with E-state index in [1.54, 1.807) is 60.7 Å². The first-order valence-electron chi connectivity index (χ1n) is 16.5. The fourth-order valence-electron chi connectivity index (χ4n) is 6.98. The highest BCUT2D eigenvalue weighted by molar-refractivity contribution is 5.61. The predicted molar refractivity (Wildman–Crippen MR) is 193 cm³/mol. The monoisotopic (exact) mass is 700 g/mol. The second kappa shape index (κ2) is 15.1. The molecule has 0 saturated heterocycles. The van der Waals surface area contributed by atoms with Crippen LogP contribution >= 0.6 is 0 Å². The van der Waals surface area contributed by atoms with Crippen LogP contribution in [0.4, 0.5) is 0 Å². The van der Waals surface area contributed by atoms with Gasteiger partial charge in [-0.05, 0) is 116 Å². The Kier molecular flexibility index (Phi) is 9.82. The normalized spacial score (nSPS) is 11.1. The SMILES string of the molecule is N#Cc1cc2c(C#N)cc1Cc1cc(C#N)c(cc1C#N)Cc1cc(C#N)c(cc1C#N)Cc1cc(C#N)c(cc1C#N)Cc1cc(C#N)c(cc1C#N)C2. The van der Waals surface area contributed by atoms with Crippen LogP contribution in [0.3, 0.4) is 0 Å². The third-order valence-electron chi connectivity index (χ3n) is 9.75. The zero-order valence-corrected chi connectivity index (χ0v) is 28.8. The van der Waals surface area contributed by atoms with Crippen LogP contribution in [0.5, 0.6) is 0 Å². The lowest BCUT2D eigenvalue weighted by Crippen LogP contribution is -2.05. The summed E-state index contributed by atoms with van der Waals surface area (Å²) in [5, 5.41) is 102. The summed E-state index contributed by atoms with van der Waals surface area (Å²) in [6, 6.07) is 37.1. The molecule has 10 nitrogen and oxygen atoms in total. The lowest BCUT2D eigenvalue weighted by Gasteiger charge is -2.14. The lowest BCUT2D eigenvalue weighted by atomic mass is 9.87. The van der Waals surface area contributed by atoms with E-state index in [1.807, 2.05) is 0 Å². The van der Waals surface area contributed by atoms with Crippen molar-refractivity contribution >= 4 is 0 Å². The Morgan fingerprint density at radius 1 is 0.200 bits per heavy atom. The van der Waals surface area contributed by atoms with Crippen molar-refractivity contribution in [3.05, 3.63) is 172 Å². The molecule has 15 rings (SSSR count). The van der Waals surface area contributed by atoms with E-state index in [0.29, 0.717) is 55.6 Å². The fraction of sp³-hybridized carbons (Fsp3) is 0.111. The van der Waals surface area contributed by atoms with E-state index in [4.69, 9.17) is 0 Å². The maximum absolute atomic E-state index is 10.2. The molecular weight excluding hydrogens is 681 g/mol. The molecule has 0 amide bonds. The standard InChI is InChI=1S/C45H20N10/c46-16-36-8-28-2-30-10-42(22-52)32(12-40(30)20-50)4-34-14-45(25-55)35(15-44(34)24-54)5-33-13-41(21-51)31(11-43(33)23-53)3-29-9-37(17-47)27(7-39(29)19-49)1-26(36)6-38(28)18-48/h6-15H,1-5H2. The molecule has 10 bridgehead atoms. The summed E-state index contributed by atoms with van der Waals surface area (Å²) < 4.78 is 0. The Morgan fingerprint density at radius 2 is 0.291 bits per heavy atom. The Labute approximate surface area is 316 Å². The summed E-state index contributed by atoms with van der Waals surface area (Å²) in [5.74, 6) is 0. The van der Waals surface area contributed by atoms with Crippen molar-refractivity contribution in [2.75, 3.05) is 0 Å². The summed E-state index contributed by atoms with van der Waals surface area (Å²) >= 11 is 0. The van der Waals surface area contributed by atoms with E-state index in [1.165, 1.54) is 0 Å². The smallest absolute Gasteiger partial charge is 0.0994 e. The minimum Gasteiger partial charge on any atom is -0.192 e. The second-order valence-electron chi connectivity index (χ2n) is 12.8. The molecule has 0 aliphatic heterocycles. The van der Waals surface area contributed by atoms with E-state index in [2.05, 4.69) is 60.7 Å². The molecule has 0 spiro atoms. The molecule has 0 fully saturated rings. The van der Waals surface area contributed by atoms with Crippen LogP contribution in [0.1, 0.15) is 111 Å². The van der Waals surface area contributed by atoms with Crippen molar-refractivity contribution in [3.8, 4) is 60.7 Å². The van der Waals surface area contributed by atoms with E-state index in [0.717, 1.165) is 0 Å². The molecule has 0 N–H and O–H groups in total. The van der Waals surface area contributed by atoms with Crippen molar-refractivity contribution < 1.29 is 0 Å². The second-order valence-corrected chi connectivity index (χ2v) is 12.8. The van der Waals surface area contributed by atoms with Gasteiger partial charge in [0.15, 0.2) is 0 Å². The van der Waals surface area contributed by atoms with Gasteiger partial charge in [0.25, 0.3) is 0 Å². The van der Waals surface area contributed by atoms with E-state index >= 15 is 0 Å². The van der Waals surface area contributed by atoms with Crippen molar-refractivity contribution in [3.63, 3.8) is 0 Å². The molecule has 10 aliphatic carbocycles. The quantitative estimate of drug-likeness (QED) is 0.163. The van der Waals surface area contributed by atoms with Crippen LogP contribution in [0.15, 0.2) is 60.7 Å². The number of benzene rings is 5. The van der Waals surface area contributed by atoms with Gasteiger partial charge < -0.3 is 0 Å². The highest BCUT2D eigenvalue weighted by Crippen LogP contribution is 2.31. The Bertz CT molecular complexity index is 2300. The van der Waals surface area contributed by atoms with Crippen LogP contribution < -0.4 is 0 Å². The van der Waals surface area contributed by atoms with Crippen molar-refractivity contribution in [1.82, 2.24) is 0 Å². The topological polar surface area (TPSA) is 238 Å². The fourth-order valence-corrected chi connectivity index (χ4v) is 6.98. The lowest BCUT2D eigenvalue weighted by molar-refractivity contribution is 1.09. The highest BCUT2D eigenvalue weighted by atomic mass is 14.3. The minimum absolute atomic E-state index is 0.0399. The molecule has 250 valence electrons. The van der Waals surface area contributed by atoms with E-state index in [9.17, 15) is 52.6 Å². The van der Waals surface area contributed by atoms with Gasteiger partial charge in [-0.1, -0.05) is 0 Å². The van der Waals surface area contributed by atoms with Gasteiger partial charge >= 0.3 is 0 Å². The molecule has 0 saturated carbocycles. The molecule has 10 heteroatoms. The van der Waals surface area contributed by atoms with Gasteiger partial charge in [0.2, 0.25) is 0 Å². The van der Waals surface area contributed by atoms with Crippen LogP contribution in [0.2, 0.25) is 0 Å². The number of nitrogens with zero attached hydrogens (tertiary/aromatic N) is 10. The van der Waals surface area contributed by atoms with E-state index < -0.39 is 0 Å². The third-order valence-corrected chi connectivity index (χ3v) is 9.75. The minimum atomic E-state index is 0.0399. The molecule has 5 aromatic rings. The summed E-state index contributed by atoms with van der Waals surface area (Å²) in [6.07, 6.45) is 0.200. The summed E-state index contributed by atoms with van der Waals surface area (Å²) in [4.78, 5) is 0. The van der Waals surface area contributed by atoms with Crippen LogP contribution in [0.25, 0.3) is 0 Å². The zero-order chi connectivity index (χ0) is 39.2. The summed E-state index contributed by atoms with van der Waals surface area (Å²) in [7, 11) is 0. The molecule has 0 radical (unpaired) electrons. The predicted octanol–water partition coefficient (Wildman–Crippen LogP) is 6.67. The van der Waals surface area contributed by atoms with Crippen LogP contribution in [0, 0.1) is 113 Å². The molecule has 10 aliphatic rings. The number of nitriles is 10. The Hall–Kier alpha value is -9.00. The Morgan fingerprint density at radius 3 is 0.364 bits per heavy atom. The van der Waals surface area contributed by atoms with Gasteiger partial charge in [-0.15, -0.1) is 0 Å². The van der Waals surface area contributed by atoms with Gasteiger partial charge in [-0.25, -0.2) is 0 Å². The van der Waals surface area contributed by atoms with Gasteiger partial charge in [0.1, 0.15) is 0 Å². The largest absolute Gasteiger partial charge is 0.192 e. The summed E-state index contributed by atoms with van der Waals surface area (Å²) in [5.41, 5.74) is 6.50. The third kappa shape index (κ3) is 6.75. The average molecular weight is 701 g/mol. The molecule has 0 aromatic heterocycles. The number of hydrogen-bond donors (Lipinski definition) is 0. The van der Waals surface area contributed by atoms with Crippen LogP contribution in [-0.4, -0.2) is 0 Å². The first kappa shape index (κ1) is 35.8. The molecule has 0 heterocycles.